The summed E-state index contributed by atoms with van der Waals surface area (Å²) in [6.07, 6.45) is 11.8. The Morgan fingerprint density at radius 3 is 1.84 bits per heavy atom. The van der Waals surface area contributed by atoms with Gasteiger partial charge in [-0.15, -0.1) is 0 Å². The van der Waals surface area contributed by atoms with Crippen LogP contribution in [0, 0.1) is 0 Å². The first-order valence-corrected chi connectivity index (χ1v) is 6.22. The number of hydrogen-bond acceptors (Lipinski definition) is 0. The number of quaternary nitrogens is 1. The molecule has 3 rings (SSSR count). The van der Waals surface area contributed by atoms with Crippen LogP contribution in [0.3, 0.4) is 0 Å². The Morgan fingerprint density at radius 2 is 1.53 bits per heavy atom. The first kappa shape index (κ1) is 15.5. The topological polar surface area (TPSA) is 0 Å². The number of halogens is 1. The molecule has 0 aliphatic heterocycles. The van der Waals surface area contributed by atoms with Gasteiger partial charge in [-0.05, 0) is 36.3 Å². The van der Waals surface area contributed by atoms with Crippen LogP contribution in [0.1, 0.15) is 6.42 Å². The van der Waals surface area contributed by atoms with E-state index in [4.69, 9.17) is 0 Å². The van der Waals surface area contributed by atoms with Gasteiger partial charge in [0.2, 0.25) is 0 Å². The van der Waals surface area contributed by atoms with Gasteiger partial charge in [-0.1, -0.05) is 42.5 Å². The maximum atomic E-state index is 3.78. The number of nitrogens with zero attached hydrogens (tertiary/aromatic N) is 1. The third-order valence-electron chi connectivity index (χ3n) is 3.31. The predicted molar refractivity (Wildman–Crippen MR) is 80.2 cm³/mol. The molecule has 2 aliphatic rings. The van der Waals surface area contributed by atoms with Crippen molar-refractivity contribution in [1.82, 2.24) is 4.48 Å². The summed E-state index contributed by atoms with van der Waals surface area (Å²) in [7, 11) is 4.20. The Morgan fingerprint density at radius 1 is 1.00 bits per heavy atom. The van der Waals surface area contributed by atoms with Crippen LogP contribution in [0.5, 0.6) is 0 Å². The van der Waals surface area contributed by atoms with Crippen LogP contribution in [0.15, 0.2) is 78.6 Å². The molecule has 0 saturated heterocycles. The highest BCUT2D eigenvalue weighted by molar-refractivity contribution is 5.49. The summed E-state index contributed by atoms with van der Waals surface area (Å²) >= 11 is 0. The van der Waals surface area contributed by atoms with E-state index in [0.717, 1.165) is 4.48 Å². The van der Waals surface area contributed by atoms with Crippen LogP contribution in [-0.2, 0) is 0 Å². The molecule has 0 fully saturated rings. The molecule has 2 aliphatic carbocycles. The average Bonchev–Trinajstić information content (AvgIpc) is 3.05. The second-order valence-electron chi connectivity index (χ2n) is 5.05. The zero-order chi connectivity index (χ0) is 13.0. The number of para-hydroxylation sites is 1. The summed E-state index contributed by atoms with van der Waals surface area (Å²) in [5, 5.41) is 0. The minimum atomic E-state index is 0. The largest absolute Gasteiger partial charge is 1.00 e. The molecule has 2 heteroatoms. The number of fused-ring (bicyclic) bond motifs is 2. The van der Waals surface area contributed by atoms with Crippen molar-refractivity contribution in [2.75, 3.05) is 14.1 Å². The normalized spacial score (nSPS) is 14.8. The molecule has 2 bridgehead atoms. The van der Waals surface area contributed by atoms with Gasteiger partial charge in [-0.3, -0.25) is 4.48 Å². The molecule has 0 spiro atoms. The van der Waals surface area contributed by atoms with Crippen molar-refractivity contribution >= 4 is 5.69 Å². The van der Waals surface area contributed by atoms with Crippen molar-refractivity contribution in [2.24, 2.45) is 0 Å². The molecule has 0 N–H and O–H groups in total. The third kappa shape index (κ3) is 3.95. The van der Waals surface area contributed by atoms with E-state index < -0.39 is 0 Å². The van der Waals surface area contributed by atoms with E-state index in [0.29, 0.717) is 0 Å². The number of hydrogen-bond donors (Lipinski definition) is 0. The maximum Gasteiger partial charge on any atom is 0.136 e. The van der Waals surface area contributed by atoms with E-state index in [2.05, 4.69) is 57.1 Å². The second kappa shape index (κ2) is 6.55. The van der Waals surface area contributed by atoms with Crippen LogP contribution in [0.25, 0.3) is 0 Å². The summed E-state index contributed by atoms with van der Waals surface area (Å²) in [6, 6.07) is 10.3. The van der Waals surface area contributed by atoms with E-state index in [1.165, 1.54) is 23.3 Å². The van der Waals surface area contributed by atoms with Gasteiger partial charge in [0, 0.05) is 0 Å². The van der Waals surface area contributed by atoms with Gasteiger partial charge in [0.25, 0.3) is 0 Å². The van der Waals surface area contributed by atoms with Gasteiger partial charge in [-0.2, -0.15) is 0 Å². The van der Waals surface area contributed by atoms with Crippen LogP contribution < -0.4 is 16.9 Å². The van der Waals surface area contributed by atoms with Gasteiger partial charge in [0.15, 0.2) is 0 Å². The highest BCUT2D eigenvalue weighted by Gasteiger charge is 2.12. The molecule has 19 heavy (non-hydrogen) atoms. The highest BCUT2D eigenvalue weighted by Crippen LogP contribution is 2.27. The Balaban J connectivity index is 0.000000194. The molecule has 0 amide bonds. The van der Waals surface area contributed by atoms with Crippen molar-refractivity contribution in [3.05, 3.63) is 78.6 Å². The first-order chi connectivity index (χ1) is 8.62. The van der Waals surface area contributed by atoms with Gasteiger partial charge in [0.1, 0.15) is 5.69 Å². The van der Waals surface area contributed by atoms with Crippen molar-refractivity contribution in [3.8, 4) is 0 Å². The van der Waals surface area contributed by atoms with E-state index in [1.807, 2.05) is 24.4 Å². The van der Waals surface area contributed by atoms with Gasteiger partial charge >= 0.3 is 0 Å². The fourth-order valence-electron chi connectivity index (χ4n) is 1.93. The molecule has 1 nitrogen and oxygen atoms in total. The Labute approximate surface area is 122 Å². The second-order valence-corrected chi connectivity index (χ2v) is 5.05. The lowest BCUT2D eigenvalue weighted by molar-refractivity contribution is -0.00000374. The molecule has 1 aromatic rings. The summed E-state index contributed by atoms with van der Waals surface area (Å²) in [5.41, 5.74) is 4.19. The third-order valence-corrected chi connectivity index (χ3v) is 3.31. The number of allylic oxidation sites excluding steroid dienone is 6. The Hall–Kier alpha value is -1.57. The highest BCUT2D eigenvalue weighted by atomic mass is 35.5. The number of benzene rings is 1. The summed E-state index contributed by atoms with van der Waals surface area (Å²) in [5.74, 6) is 0. The molecule has 1 aromatic carbocycles. The van der Waals surface area contributed by atoms with Crippen molar-refractivity contribution in [1.29, 1.82) is 0 Å². The monoisotopic (exact) mass is 273 g/mol. The number of rotatable bonds is 2. The summed E-state index contributed by atoms with van der Waals surface area (Å²) in [4.78, 5) is 0. The molecule has 0 unspecified atom stereocenters. The van der Waals surface area contributed by atoms with Crippen molar-refractivity contribution < 1.29 is 12.4 Å². The standard InChI is InChI=1S/C10H14N.C7H6.ClH/c1-4-11(2,3)10-8-6-5-7-9-10;1-2-7-4-3-6(1)5-7;/h4-9H,1H2,2-3H3;1-4H,5H2;1H/q+1;;/p-1. The minimum absolute atomic E-state index is 0. The van der Waals surface area contributed by atoms with Crippen LogP contribution in [0.4, 0.5) is 5.69 Å². The SMILES string of the molecule is C1=CC2=CC=C1C2.C=C[N+](C)(C)c1ccccc1.[Cl-]. The Kier molecular flexibility index (Phi) is 5.34. The zero-order valence-electron chi connectivity index (χ0n) is 11.5. The van der Waals surface area contributed by atoms with E-state index in [9.17, 15) is 0 Å². The van der Waals surface area contributed by atoms with Crippen LogP contribution in [0.2, 0.25) is 0 Å². The fraction of sp³-hybridized carbons (Fsp3) is 0.176. The lowest BCUT2D eigenvalue weighted by atomic mass is 10.3. The summed E-state index contributed by atoms with van der Waals surface area (Å²) in [6.45, 7) is 3.78. The lowest BCUT2D eigenvalue weighted by Gasteiger charge is -2.23. The maximum absolute atomic E-state index is 3.78. The van der Waals surface area contributed by atoms with E-state index in [-0.39, 0.29) is 12.4 Å². The molecule has 0 heterocycles. The fourth-order valence-corrected chi connectivity index (χ4v) is 1.93. The van der Waals surface area contributed by atoms with E-state index in [1.54, 1.807) is 0 Å². The minimum Gasteiger partial charge on any atom is -1.00 e. The van der Waals surface area contributed by atoms with Crippen LogP contribution >= 0.6 is 0 Å². The van der Waals surface area contributed by atoms with Crippen molar-refractivity contribution in [2.45, 2.75) is 6.42 Å². The van der Waals surface area contributed by atoms with Crippen molar-refractivity contribution in [3.63, 3.8) is 0 Å². The lowest BCUT2D eigenvalue weighted by Crippen LogP contribution is -3.00. The van der Waals surface area contributed by atoms with Gasteiger partial charge in [0.05, 0.1) is 20.3 Å². The molecule has 100 valence electrons. The summed E-state index contributed by atoms with van der Waals surface area (Å²) < 4.78 is 0.723. The molecule has 0 aromatic heterocycles. The molecular weight excluding hydrogens is 254 g/mol. The smallest absolute Gasteiger partial charge is 0.136 e. The first-order valence-electron chi connectivity index (χ1n) is 6.22. The molecule has 0 radical (unpaired) electrons. The molecule has 0 saturated carbocycles. The molecule has 0 atom stereocenters. The zero-order valence-corrected chi connectivity index (χ0v) is 12.3. The van der Waals surface area contributed by atoms with Crippen LogP contribution in [-0.4, -0.2) is 14.1 Å². The quantitative estimate of drug-likeness (QED) is 0.711. The van der Waals surface area contributed by atoms with E-state index >= 15 is 0 Å². The average molecular weight is 274 g/mol. The van der Waals surface area contributed by atoms with Gasteiger partial charge < -0.3 is 12.4 Å². The molecular formula is C17H20ClN. The van der Waals surface area contributed by atoms with Gasteiger partial charge in [-0.25, -0.2) is 0 Å². The Bertz CT molecular complexity index is 501. The predicted octanol–water partition coefficient (Wildman–Crippen LogP) is 1.21.